The lowest BCUT2D eigenvalue weighted by atomic mass is 9.93. The molecule has 0 amide bonds. The summed E-state index contributed by atoms with van der Waals surface area (Å²) in [4.78, 5) is 11.2. The molecule has 2 unspecified atom stereocenters. The van der Waals surface area contributed by atoms with Gasteiger partial charge in [0, 0.05) is 32.0 Å². The highest BCUT2D eigenvalue weighted by Gasteiger charge is 2.28. The van der Waals surface area contributed by atoms with Gasteiger partial charge in [-0.2, -0.15) is 0 Å². The molecule has 7 heteroatoms. The Balaban J connectivity index is 1.74. The number of guanidine groups is 1. The summed E-state index contributed by atoms with van der Waals surface area (Å²) in [6.07, 6.45) is 6.82. The van der Waals surface area contributed by atoms with E-state index in [2.05, 4.69) is 33.6 Å². The number of rotatable bonds is 5. The number of piperidine rings is 1. The monoisotopic (exact) mass is 373 g/mol. The molecular formula is C20H28FN5O. The van der Waals surface area contributed by atoms with Crippen LogP contribution in [0.1, 0.15) is 31.9 Å². The number of ether oxygens (including phenoxy) is 1. The number of imidazole rings is 1. The van der Waals surface area contributed by atoms with E-state index >= 15 is 0 Å². The number of nitrogens with one attached hydrogen (secondary N) is 1. The molecule has 0 radical (unpaired) electrons. The second-order valence-electron chi connectivity index (χ2n) is 6.93. The van der Waals surface area contributed by atoms with Crippen molar-refractivity contribution < 1.29 is 9.13 Å². The summed E-state index contributed by atoms with van der Waals surface area (Å²) in [5.74, 6) is 1.34. The van der Waals surface area contributed by atoms with Gasteiger partial charge in [0.2, 0.25) is 0 Å². The van der Waals surface area contributed by atoms with Crippen LogP contribution < -0.4 is 10.1 Å². The van der Waals surface area contributed by atoms with Crippen molar-refractivity contribution in [2.75, 3.05) is 26.7 Å². The molecule has 0 saturated carbocycles. The van der Waals surface area contributed by atoms with Crippen molar-refractivity contribution in [2.24, 2.45) is 10.9 Å². The number of halogens is 1. The zero-order chi connectivity index (χ0) is 19.2. The number of benzene rings is 1. The lowest BCUT2D eigenvalue weighted by molar-refractivity contribution is 0.189. The molecule has 6 nitrogen and oxygen atoms in total. The van der Waals surface area contributed by atoms with Gasteiger partial charge in [0.15, 0.2) is 17.5 Å². The Bertz CT molecular complexity index is 762. The van der Waals surface area contributed by atoms with Crippen LogP contribution in [0.3, 0.4) is 0 Å². The third-order valence-corrected chi connectivity index (χ3v) is 5.09. The van der Waals surface area contributed by atoms with Gasteiger partial charge in [-0.1, -0.05) is 13.0 Å². The fraction of sp³-hybridized carbons (Fsp3) is 0.500. The molecular weight excluding hydrogens is 345 g/mol. The zero-order valence-electron chi connectivity index (χ0n) is 16.2. The normalized spacial score (nSPS) is 20.6. The van der Waals surface area contributed by atoms with E-state index in [4.69, 9.17) is 9.73 Å². The van der Waals surface area contributed by atoms with Gasteiger partial charge in [-0.25, -0.2) is 14.4 Å². The van der Waals surface area contributed by atoms with Crippen LogP contribution in [0.15, 0.2) is 41.9 Å². The maximum absolute atomic E-state index is 13.9. The van der Waals surface area contributed by atoms with Gasteiger partial charge in [-0.05, 0) is 37.0 Å². The van der Waals surface area contributed by atoms with Gasteiger partial charge in [0.05, 0.1) is 26.0 Å². The highest BCUT2D eigenvalue weighted by molar-refractivity contribution is 5.80. The van der Waals surface area contributed by atoms with Crippen LogP contribution in [0, 0.1) is 11.7 Å². The van der Waals surface area contributed by atoms with Crippen molar-refractivity contribution in [3.63, 3.8) is 0 Å². The van der Waals surface area contributed by atoms with Crippen molar-refractivity contribution in [3.05, 3.63) is 48.3 Å². The number of nitrogens with zero attached hydrogens (tertiary/aromatic N) is 4. The molecule has 1 saturated heterocycles. The van der Waals surface area contributed by atoms with Gasteiger partial charge in [0.1, 0.15) is 0 Å². The van der Waals surface area contributed by atoms with Crippen molar-refractivity contribution in [2.45, 2.75) is 32.9 Å². The van der Waals surface area contributed by atoms with E-state index in [0.29, 0.717) is 18.5 Å². The average molecular weight is 373 g/mol. The number of likely N-dealkylation sites (tertiary alicyclic amines) is 1. The van der Waals surface area contributed by atoms with E-state index in [1.165, 1.54) is 13.2 Å². The summed E-state index contributed by atoms with van der Waals surface area (Å²) < 4.78 is 21.1. The molecule has 1 aromatic heterocycles. The summed E-state index contributed by atoms with van der Waals surface area (Å²) in [5.41, 5.74) is 0.820. The van der Waals surface area contributed by atoms with Crippen LogP contribution in [-0.4, -0.2) is 47.2 Å². The molecule has 2 heterocycles. The Morgan fingerprint density at radius 2 is 2.30 bits per heavy atom. The highest BCUT2D eigenvalue weighted by atomic mass is 19.1. The summed E-state index contributed by atoms with van der Waals surface area (Å²) in [6, 6.07) is 5.34. The molecule has 2 aromatic rings. The number of hydrogen-bond acceptors (Lipinski definition) is 3. The van der Waals surface area contributed by atoms with E-state index in [9.17, 15) is 4.39 Å². The molecule has 1 fully saturated rings. The first-order chi connectivity index (χ1) is 13.1. The van der Waals surface area contributed by atoms with Crippen LogP contribution in [-0.2, 0) is 6.54 Å². The van der Waals surface area contributed by atoms with Crippen molar-refractivity contribution >= 4 is 5.96 Å². The van der Waals surface area contributed by atoms with Gasteiger partial charge in [-0.15, -0.1) is 0 Å². The van der Waals surface area contributed by atoms with Crippen LogP contribution >= 0.6 is 0 Å². The van der Waals surface area contributed by atoms with E-state index in [1.807, 2.05) is 24.8 Å². The Kier molecular flexibility index (Phi) is 6.32. The molecule has 146 valence electrons. The van der Waals surface area contributed by atoms with Crippen molar-refractivity contribution in [1.82, 2.24) is 19.8 Å². The average Bonchev–Trinajstić information content (AvgIpc) is 3.20. The van der Waals surface area contributed by atoms with Gasteiger partial charge < -0.3 is 19.5 Å². The first-order valence-electron chi connectivity index (χ1n) is 9.45. The molecule has 1 aliphatic heterocycles. The maximum Gasteiger partial charge on any atom is 0.194 e. The molecule has 2 atom stereocenters. The minimum Gasteiger partial charge on any atom is -0.494 e. The van der Waals surface area contributed by atoms with Gasteiger partial charge in [-0.3, -0.25) is 0 Å². The molecule has 1 aliphatic rings. The van der Waals surface area contributed by atoms with Crippen LogP contribution in [0.2, 0.25) is 0 Å². The molecule has 0 aliphatic carbocycles. The predicted octanol–water partition coefficient (Wildman–Crippen LogP) is 3.08. The van der Waals surface area contributed by atoms with Crippen LogP contribution in [0.5, 0.6) is 5.75 Å². The first-order valence-corrected chi connectivity index (χ1v) is 9.45. The molecule has 0 spiro atoms. The zero-order valence-corrected chi connectivity index (χ0v) is 16.2. The topological polar surface area (TPSA) is 54.7 Å². The van der Waals surface area contributed by atoms with E-state index in [0.717, 1.165) is 37.6 Å². The highest BCUT2D eigenvalue weighted by Crippen LogP contribution is 2.27. The lowest BCUT2D eigenvalue weighted by Gasteiger charge is -2.39. The summed E-state index contributed by atoms with van der Waals surface area (Å²) >= 11 is 0. The molecule has 27 heavy (non-hydrogen) atoms. The number of aliphatic imine (C=N–C) groups is 1. The predicted molar refractivity (Wildman–Crippen MR) is 104 cm³/mol. The minimum absolute atomic E-state index is 0.253. The second kappa shape index (κ2) is 8.88. The molecule has 3 rings (SSSR count). The molecule has 1 N–H and O–H groups in total. The number of aromatic nitrogens is 2. The Labute approximate surface area is 160 Å². The van der Waals surface area contributed by atoms with Gasteiger partial charge >= 0.3 is 0 Å². The van der Waals surface area contributed by atoms with E-state index < -0.39 is 0 Å². The summed E-state index contributed by atoms with van der Waals surface area (Å²) in [6.45, 7) is 7.38. The largest absolute Gasteiger partial charge is 0.494 e. The molecule has 1 aromatic carbocycles. The fourth-order valence-electron chi connectivity index (χ4n) is 3.50. The summed E-state index contributed by atoms with van der Waals surface area (Å²) in [7, 11) is 1.47. The number of methoxy groups -OCH3 is 1. The van der Waals surface area contributed by atoms with Crippen LogP contribution in [0.4, 0.5) is 4.39 Å². The quantitative estimate of drug-likeness (QED) is 0.646. The van der Waals surface area contributed by atoms with Crippen LogP contribution in [0.25, 0.3) is 0 Å². The standard InChI is InChI=1S/C20H28FN5O/c1-4-23-20(24-12-16-5-6-19(27-3)17(21)11-16)25-9-7-15(2)18(13-25)26-10-8-22-14-26/h5-6,8,10-11,14-15,18H,4,7,9,12-13H2,1-3H3,(H,23,24). The number of hydrogen-bond donors (Lipinski definition) is 1. The minimum atomic E-state index is -0.359. The summed E-state index contributed by atoms with van der Waals surface area (Å²) in [5, 5.41) is 3.37. The third kappa shape index (κ3) is 4.59. The third-order valence-electron chi connectivity index (χ3n) is 5.09. The lowest BCUT2D eigenvalue weighted by Crippen LogP contribution is -2.49. The SMILES string of the molecule is CCNC(=NCc1ccc(OC)c(F)c1)N1CCC(C)C(n2ccnc2)C1. The first kappa shape index (κ1) is 19.2. The van der Waals surface area contributed by atoms with E-state index in [1.54, 1.807) is 6.07 Å². The molecule has 0 bridgehead atoms. The smallest absolute Gasteiger partial charge is 0.194 e. The van der Waals surface area contributed by atoms with Gasteiger partial charge in [0.25, 0.3) is 0 Å². The van der Waals surface area contributed by atoms with Crippen molar-refractivity contribution in [3.8, 4) is 5.75 Å². The van der Waals surface area contributed by atoms with Crippen molar-refractivity contribution in [1.29, 1.82) is 0 Å². The Hall–Kier alpha value is -2.57. The van der Waals surface area contributed by atoms with E-state index in [-0.39, 0.29) is 11.6 Å². The maximum atomic E-state index is 13.9. The Morgan fingerprint density at radius 1 is 1.44 bits per heavy atom. The Morgan fingerprint density at radius 3 is 2.96 bits per heavy atom. The second-order valence-corrected chi connectivity index (χ2v) is 6.93. The fourth-order valence-corrected chi connectivity index (χ4v) is 3.50.